The molecule has 3 heteroatoms. The smallest absolute Gasteiger partial charge is 0.408 e. The van der Waals surface area contributed by atoms with Crippen molar-refractivity contribution in [3.63, 3.8) is 0 Å². The van der Waals surface area contributed by atoms with Crippen molar-refractivity contribution in [1.29, 1.82) is 0 Å². The molecule has 0 aromatic heterocycles. The number of hydrogen-bond donors (Lipinski definition) is 1. The number of benzene rings is 1. The average molecular weight is 229 g/mol. The minimum Gasteiger partial charge on any atom is -0.445 e. The molecule has 0 spiro atoms. The van der Waals surface area contributed by atoms with Gasteiger partial charge < -0.3 is 10.1 Å². The molecule has 0 saturated heterocycles. The number of terminal acetylenes is 1. The monoisotopic (exact) mass is 229 g/mol. The van der Waals surface area contributed by atoms with Crippen LogP contribution in [-0.2, 0) is 11.3 Å². The SMILES string of the molecule is C#C[C@@H](NC(=O)OCc1ccccc1)C1CC1. The van der Waals surface area contributed by atoms with Crippen LogP contribution in [0, 0.1) is 18.3 Å². The van der Waals surface area contributed by atoms with Gasteiger partial charge in [0.1, 0.15) is 6.61 Å². The van der Waals surface area contributed by atoms with Gasteiger partial charge in [0.25, 0.3) is 0 Å². The number of ether oxygens (including phenoxy) is 1. The molecule has 1 amide bonds. The molecule has 1 aliphatic carbocycles. The number of carbonyl (C=O) groups is 1. The summed E-state index contributed by atoms with van der Waals surface area (Å²) in [6.45, 7) is 0.272. The molecule has 2 rings (SSSR count). The maximum atomic E-state index is 11.5. The van der Waals surface area contributed by atoms with Crippen LogP contribution in [0.15, 0.2) is 30.3 Å². The van der Waals surface area contributed by atoms with Crippen molar-refractivity contribution in [2.24, 2.45) is 5.92 Å². The van der Waals surface area contributed by atoms with Crippen molar-refractivity contribution in [2.45, 2.75) is 25.5 Å². The van der Waals surface area contributed by atoms with Gasteiger partial charge in [-0.05, 0) is 24.3 Å². The summed E-state index contributed by atoms with van der Waals surface area (Å²) >= 11 is 0. The van der Waals surface area contributed by atoms with E-state index in [2.05, 4.69) is 11.2 Å². The van der Waals surface area contributed by atoms with Crippen LogP contribution >= 0.6 is 0 Å². The van der Waals surface area contributed by atoms with Gasteiger partial charge in [0, 0.05) is 0 Å². The fourth-order valence-corrected chi connectivity index (χ4v) is 1.62. The third-order valence-corrected chi connectivity index (χ3v) is 2.76. The molecule has 0 radical (unpaired) electrons. The maximum absolute atomic E-state index is 11.5. The van der Waals surface area contributed by atoms with Gasteiger partial charge in [-0.3, -0.25) is 0 Å². The molecule has 1 aliphatic rings. The first-order valence-corrected chi connectivity index (χ1v) is 5.73. The fraction of sp³-hybridized carbons (Fsp3) is 0.357. The predicted octanol–water partition coefficient (Wildman–Crippen LogP) is 2.32. The summed E-state index contributed by atoms with van der Waals surface area (Å²) in [6, 6.07) is 9.37. The van der Waals surface area contributed by atoms with Gasteiger partial charge in [0.05, 0.1) is 6.04 Å². The Morgan fingerprint density at radius 2 is 2.18 bits per heavy atom. The Hall–Kier alpha value is -1.95. The third kappa shape index (κ3) is 3.53. The molecule has 1 N–H and O–H groups in total. The number of rotatable bonds is 4. The van der Waals surface area contributed by atoms with Crippen LogP contribution in [0.25, 0.3) is 0 Å². The highest BCUT2D eigenvalue weighted by atomic mass is 16.5. The molecule has 1 aromatic rings. The van der Waals surface area contributed by atoms with Crippen molar-refractivity contribution < 1.29 is 9.53 Å². The van der Waals surface area contributed by atoms with Crippen LogP contribution in [0.4, 0.5) is 4.79 Å². The Bertz CT molecular complexity index is 418. The lowest BCUT2D eigenvalue weighted by Gasteiger charge is -2.12. The molecule has 1 fully saturated rings. The van der Waals surface area contributed by atoms with Gasteiger partial charge in [-0.15, -0.1) is 6.42 Å². The number of nitrogens with one attached hydrogen (secondary N) is 1. The molecule has 17 heavy (non-hydrogen) atoms. The van der Waals surface area contributed by atoms with Crippen molar-refractivity contribution in [3.05, 3.63) is 35.9 Å². The summed E-state index contributed by atoms with van der Waals surface area (Å²) in [5.74, 6) is 3.02. The van der Waals surface area contributed by atoms with Crippen molar-refractivity contribution in [3.8, 4) is 12.3 Å². The van der Waals surface area contributed by atoms with Gasteiger partial charge >= 0.3 is 6.09 Å². The molecule has 1 atom stereocenters. The zero-order valence-electron chi connectivity index (χ0n) is 9.56. The first-order valence-electron chi connectivity index (χ1n) is 5.73. The number of hydrogen-bond acceptors (Lipinski definition) is 2. The Morgan fingerprint density at radius 1 is 1.47 bits per heavy atom. The summed E-state index contributed by atoms with van der Waals surface area (Å²) in [6.07, 6.45) is 7.09. The topological polar surface area (TPSA) is 38.3 Å². The van der Waals surface area contributed by atoms with Gasteiger partial charge in [-0.25, -0.2) is 4.79 Å². The molecule has 0 heterocycles. The van der Waals surface area contributed by atoms with Crippen molar-refractivity contribution in [1.82, 2.24) is 5.32 Å². The van der Waals surface area contributed by atoms with E-state index in [4.69, 9.17) is 11.2 Å². The molecule has 1 saturated carbocycles. The lowest BCUT2D eigenvalue weighted by molar-refractivity contribution is 0.137. The van der Waals surface area contributed by atoms with Crippen LogP contribution in [0.3, 0.4) is 0 Å². The Morgan fingerprint density at radius 3 is 2.76 bits per heavy atom. The molecular weight excluding hydrogens is 214 g/mol. The predicted molar refractivity (Wildman–Crippen MR) is 65.1 cm³/mol. The summed E-state index contributed by atoms with van der Waals surface area (Å²) in [5, 5.41) is 2.70. The molecule has 1 aromatic carbocycles. The normalized spacial score (nSPS) is 15.7. The van der Waals surface area contributed by atoms with Gasteiger partial charge in [-0.1, -0.05) is 36.3 Å². The Kier molecular flexibility index (Phi) is 3.66. The number of carbonyl (C=O) groups excluding carboxylic acids is 1. The average Bonchev–Trinajstić information content (AvgIpc) is 3.19. The molecule has 0 unspecified atom stereocenters. The second-order valence-corrected chi connectivity index (χ2v) is 4.19. The summed E-state index contributed by atoms with van der Waals surface area (Å²) in [5.41, 5.74) is 0.964. The van der Waals surface area contributed by atoms with Gasteiger partial charge in [-0.2, -0.15) is 0 Å². The fourth-order valence-electron chi connectivity index (χ4n) is 1.62. The first kappa shape index (κ1) is 11.5. The van der Waals surface area contributed by atoms with Crippen LogP contribution in [0.5, 0.6) is 0 Å². The van der Waals surface area contributed by atoms with Crippen LogP contribution in [0.2, 0.25) is 0 Å². The highest BCUT2D eigenvalue weighted by Gasteiger charge is 2.31. The standard InChI is InChI=1S/C14H15NO2/c1-2-13(12-8-9-12)15-14(16)17-10-11-6-4-3-5-7-11/h1,3-7,12-13H,8-10H2,(H,15,16)/t13-/m1/s1. The van der Waals surface area contributed by atoms with E-state index in [0.717, 1.165) is 18.4 Å². The van der Waals surface area contributed by atoms with E-state index in [-0.39, 0.29) is 12.6 Å². The van der Waals surface area contributed by atoms with Gasteiger partial charge in [0.2, 0.25) is 0 Å². The highest BCUT2D eigenvalue weighted by Crippen LogP contribution is 2.32. The highest BCUT2D eigenvalue weighted by molar-refractivity contribution is 5.68. The quantitative estimate of drug-likeness (QED) is 0.805. The minimum absolute atomic E-state index is 0.182. The number of alkyl carbamates (subject to hydrolysis) is 1. The van der Waals surface area contributed by atoms with Crippen molar-refractivity contribution >= 4 is 6.09 Å². The minimum atomic E-state index is -0.441. The van der Waals surface area contributed by atoms with Crippen molar-refractivity contribution in [2.75, 3.05) is 0 Å². The largest absolute Gasteiger partial charge is 0.445 e. The number of amides is 1. The second-order valence-electron chi connectivity index (χ2n) is 4.19. The molecular formula is C14H15NO2. The molecule has 88 valence electrons. The molecule has 0 bridgehead atoms. The summed E-state index contributed by atoms with van der Waals surface area (Å²) in [7, 11) is 0. The third-order valence-electron chi connectivity index (χ3n) is 2.76. The van der Waals surface area contributed by atoms with E-state index >= 15 is 0 Å². The van der Waals surface area contributed by atoms with Crippen LogP contribution < -0.4 is 5.32 Å². The van der Waals surface area contributed by atoms with E-state index in [1.807, 2.05) is 30.3 Å². The Balaban J connectivity index is 1.76. The molecule has 3 nitrogen and oxygen atoms in total. The molecule has 0 aliphatic heterocycles. The lowest BCUT2D eigenvalue weighted by atomic mass is 10.2. The Labute approximate surface area is 101 Å². The van der Waals surface area contributed by atoms with E-state index in [9.17, 15) is 4.79 Å². The van der Waals surface area contributed by atoms with E-state index in [0.29, 0.717) is 5.92 Å². The lowest BCUT2D eigenvalue weighted by Crippen LogP contribution is -2.35. The van der Waals surface area contributed by atoms with Crippen LogP contribution in [0.1, 0.15) is 18.4 Å². The summed E-state index contributed by atoms with van der Waals surface area (Å²) in [4.78, 5) is 11.5. The maximum Gasteiger partial charge on any atom is 0.408 e. The van der Waals surface area contributed by atoms with Crippen LogP contribution in [-0.4, -0.2) is 12.1 Å². The van der Waals surface area contributed by atoms with E-state index in [1.54, 1.807) is 0 Å². The van der Waals surface area contributed by atoms with E-state index < -0.39 is 6.09 Å². The van der Waals surface area contributed by atoms with E-state index in [1.165, 1.54) is 0 Å². The first-order chi connectivity index (χ1) is 8.29. The zero-order valence-corrected chi connectivity index (χ0v) is 9.56. The zero-order chi connectivity index (χ0) is 12.1. The van der Waals surface area contributed by atoms with Gasteiger partial charge in [0.15, 0.2) is 0 Å². The second kappa shape index (κ2) is 5.40. The summed E-state index contributed by atoms with van der Waals surface area (Å²) < 4.78 is 5.09.